The number of urea groups is 1. The zero-order chi connectivity index (χ0) is 19.7. The Morgan fingerprint density at radius 1 is 1.04 bits per heavy atom. The van der Waals surface area contributed by atoms with E-state index < -0.39 is 5.54 Å². The van der Waals surface area contributed by atoms with Gasteiger partial charge in [0.15, 0.2) is 0 Å². The van der Waals surface area contributed by atoms with Gasteiger partial charge in [-0.25, -0.2) is 4.79 Å². The Morgan fingerprint density at radius 2 is 1.75 bits per heavy atom. The highest BCUT2D eigenvalue weighted by atomic mass is 35.5. The third-order valence-electron chi connectivity index (χ3n) is 5.54. The molecule has 0 bridgehead atoms. The van der Waals surface area contributed by atoms with Crippen LogP contribution in [-0.2, 0) is 11.3 Å². The van der Waals surface area contributed by atoms with Crippen LogP contribution in [0.25, 0.3) is 0 Å². The number of rotatable bonds is 3. The monoisotopic (exact) mass is 397 g/mol. The van der Waals surface area contributed by atoms with E-state index in [-0.39, 0.29) is 17.8 Å². The summed E-state index contributed by atoms with van der Waals surface area (Å²) in [6, 6.07) is 16.0. The number of imide groups is 1. The molecule has 2 heterocycles. The van der Waals surface area contributed by atoms with E-state index in [4.69, 9.17) is 11.6 Å². The van der Waals surface area contributed by atoms with Gasteiger partial charge in [-0.05, 0) is 36.6 Å². The Kier molecular flexibility index (Phi) is 4.81. The van der Waals surface area contributed by atoms with Crippen molar-refractivity contribution in [2.45, 2.75) is 24.9 Å². The minimum Gasteiger partial charge on any atom is -0.338 e. The molecule has 2 aliphatic rings. The molecule has 144 valence electrons. The van der Waals surface area contributed by atoms with E-state index in [1.54, 1.807) is 34.1 Å². The lowest BCUT2D eigenvalue weighted by Gasteiger charge is -2.42. The van der Waals surface area contributed by atoms with Gasteiger partial charge in [-0.15, -0.1) is 0 Å². The number of nitrogens with zero attached hydrogens (tertiary/aromatic N) is 2. The molecule has 28 heavy (non-hydrogen) atoms. The third-order valence-corrected chi connectivity index (χ3v) is 5.77. The van der Waals surface area contributed by atoms with E-state index in [2.05, 4.69) is 5.32 Å². The van der Waals surface area contributed by atoms with Crippen molar-refractivity contribution in [1.29, 1.82) is 0 Å². The molecule has 0 unspecified atom stereocenters. The Balaban J connectivity index is 1.51. The van der Waals surface area contributed by atoms with Gasteiger partial charge in [0.1, 0.15) is 5.54 Å². The maximum Gasteiger partial charge on any atom is 0.325 e. The first-order valence-corrected chi connectivity index (χ1v) is 9.59. The molecule has 4 amide bonds. The van der Waals surface area contributed by atoms with E-state index in [0.29, 0.717) is 43.1 Å². The number of benzene rings is 2. The normalized spacial score (nSPS) is 18.5. The number of amides is 4. The number of carbonyl (C=O) groups excluding carboxylic acids is 3. The van der Waals surface area contributed by atoms with Crippen molar-refractivity contribution in [3.8, 4) is 0 Å². The fourth-order valence-electron chi connectivity index (χ4n) is 3.97. The molecule has 2 fully saturated rings. The van der Waals surface area contributed by atoms with Crippen LogP contribution in [0.3, 0.4) is 0 Å². The largest absolute Gasteiger partial charge is 0.338 e. The van der Waals surface area contributed by atoms with Gasteiger partial charge in [-0.2, -0.15) is 0 Å². The summed E-state index contributed by atoms with van der Waals surface area (Å²) in [4.78, 5) is 41.2. The maximum atomic E-state index is 12.8. The predicted octanol–water partition coefficient (Wildman–Crippen LogP) is 3.07. The second kappa shape index (κ2) is 7.28. The first-order valence-electron chi connectivity index (χ1n) is 9.21. The molecule has 1 spiro atoms. The molecule has 2 aliphatic heterocycles. The lowest BCUT2D eigenvalue weighted by Crippen LogP contribution is -2.57. The van der Waals surface area contributed by atoms with E-state index in [9.17, 15) is 14.4 Å². The summed E-state index contributed by atoms with van der Waals surface area (Å²) in [6.07, 6.45) is 0.813. The third kappa shape index (κ3) is 3.24. The molecular weight excluding hydrogens is 378 g/mol. The molecule has 2 aromatic rings. The number of hydrogen-bond donors (Lipinski definition) is 1. The van der Waals surface area contributed by atoms with Crippen molar-refractivity contribution in [3.05, 3.63) is 70.7 Å². The molecule has 0 aliphatic carbocycles. The predicted molar refractivity (Wildman–Crippen MR) is 105 cm³/mol. The Labute approximate surface area is 168 Å². The maximum absolute atomic E-state index is 12.8. The average molecular weight is 398 g/mol. The number of likely N-dealkylation sites (tertiary alicyclic amines) is 1. The minimum atomic E-state index is -0.905. The second-order valence-corrected chi connectivity index (χ2v) is 7.60. The fourth-order valence-corrected chi connectivity index (χ4v) is 4.16. The smallest absolute Gasteiger partial charge is 0.325 e. The lowest BCUT2D eigenvalue weighted by atomic mass is 9.85. The van der Waals surface area contributed by atoms with Crippen molar-refractivity contribution in [3.63, 3.8) is 0 Å². The van der Waals surface area contributed by atoms with Crippen molar-refractivity contribution in [1.82, 2.24) is 15.1 Å². The highest BCUT2D eigenvalue weighted by Gasteiger charge is 2.54. The van der Waals surface area contributed by atoms with Crippen LogP contribution in [-0.4, -0.2) is 46.3 Å². The zero-order valence-electron chi connectivity index (χ0n) is 15.2. The van der Waals surface area contributed by atoms with E-state index in [0.717, 1.165) is 5.56 Å². The van der Waals surface area contributed by atoms with Crippen molar-refractivity contribution >= 4 is 29.4 Å². The molecule has 0 radical (unpaired) electrons. The first kappa shape index (κ1) is 18.5. The highest BCUT2D eigenvalue weighted by Crippen LogP contribution is 2.35. The van der Waals surface area contributed by atoms with Crippen LogP contribution in [0.4, 0.5) is 4.79 Å². The van der Waals surface area contributed by atoms with Crippen LogP contribution in [0.2, 0.25) is 5.02 Å². The summed E-state index contributed by atoms with van der Waals surface area (Å²) in [5.41, 5.74) is 0.582. The van der Waals surface area contributed by atoms with Crippen LogP contribution in [0.5, 0.6) is 0 Å². The zero-order valence-corrected chi connectivity index (χ0v) is 16.0. The number of halogens is 1. The number of nitrogens with one attached hydrogen (secondary N) is 1. The minimum absolute atomic E-state index is 0.114. The van der Waals surface area contributed by atoms with E-state index in [1.165, 1.54) is 0 Å². The molecule has 4 rings (SSSR count). The summed E-state index contributed by atoms with van der Waals surface area (Å²) in [5.74, 6) is -0.389. The average Bonchev–Trinajstić information content (AvgIpc) is 2.93. The Bertz CT molecular complexity index is 924. The van der Waals surface area contributed by atoms with Gasteiger partial charge < -0.3 is 9.80 Å². The van der Waals surface area contributed by atoms with Crippen molar-refractivity contribution < 1.29 is 14.4 Å². The standard InChI is InChI=1S/C21H20ClN3O3/c22-17-8-4-7-16(13-17)18(26)24-11-9-21(10-12-24)19(27)23-20(28)25(21)14-15-5-2-1-3-6-15/h1-8,13H,9-12,14H2,(H,23,27,28). The number of piperidine rings is 1. The summed E-state index contributed by atoms with van der Waals surface area (Å²) in [6.45, 7) is 1.16. The Morgan fingerprint density at radius 3 is 2.43 bits per heavy atom. The van der Waals surface area contributed by atoms with Crippen molar-refractivity contribution in [2.24, 2.45) is 0 Å². The van der Waals surface area contributed by atoms with Gasteiger partial charge in [0.25, 0.3) is 11.8 Å². The van der Waals surface area contributed by atoms with E-state index >= 15 is 0 Å². The molecule has 1 N–H and O–H groups in total. The number of carbonyl (C=O) groups is 3. The first-order chi connectivity index (χ1) is 13.5. The topological polar surface area (TPSA) is 69.7 Å². The molecule has 6 nitrogen and oxygen atoms in total. The van der Waals surface area contributed by atoms with Gasteiger partial charge in [0, 0.05) is 30.2 Å². The highest BCUT2D eigenvalue weighted by molar-refractivity contribution is 6.31. The van der Waals surface area contributed by atoms with Crippen LogP contribution >= 0.6 is 11.6 Å². The molecule has 0 aromatic heterocycles. The molecular formula is C21H20ClN3O3. The summed E-state index contributed by atoms with van der Waals surface area (Å²) >= 11 is 5.99. The van der Waals surface area contributed by atoms with Crippen LogP contribution in [0.1, 0.15) is 28.8 Å². The fraction of sp³-hybridized carbons (Fsp3) is 0.286. The van der Waals surface area contributed by atoms with Crippen molar-refractivity contribution in [2.75, 3.05) is 13.1 Å². The molecule has 7 heteroatoms. The molecule has 0 saturated carbocycles. The van der Waals surface area contributed by atoms with Gasteiger partial charge in [0.05, 0.1) is 0 Å². The van der Waals surface area contributed by atoms with Gasteiger partial charge in [-0.1, -0.05) is 48.0 Å². The quantitative estimate of drug-likeness (QED) is 0.809. The second-order valence-electron chi connectivity index (χ2n) is 7.17. The molecule has 2 saturated heterocycles. The summed E-state index contributed by atoms with van der Waals surface area (Å²) in [7, 11) is 0. The van der Waals surface area contributed by atoms with Crippen LogP contribution in [0, 0.1) is 0 Å². The van der Waals surface area contributed by atoms with Crippen LogP contribution < -0.4 is 5.32 Å². The summed E-state index contributed by atoms with van der Waals surface area (Å²) < 4.78 is 0. The molecule has 2 aromatic carbocycles. The van der Waals surface area contributed by atoms with Gasteiger partial charge >= 0.3 is 6.03 Å². The SMILES string of the molecule is O=C(c1cccc(Cl)c1)N1CCC2(CC1)C(=O)NC(=O)N2Cc1ccccc1. The Hall–Kier alpha value is -2.86. The van der Waals surface area contributed by atoms with Gasteiger partial charge in [0.2, 0.25) is 0 Å². The van der Waals surface area contributed by atoms with Crippen LogP contribution in [0.15, 0.2) is 54.6 Å². The molecule has 0 atom stereocenters. The van der Waals surface area contributed by atoms with Gasteiger partial charge in [-0.3, -0.25) is 14.9 Å². The van der Waals surface area contributed by atoms with E-state index in [1.807, 2.05) is 30.3 Å². The summed E-state index contributed by atoms with van der Waals surface area (Å²) in [5, 5.41) is 2.97. The lowest BCUT2D eigenvalue weighted by molar-refractivity contribution is -0.129. The number of hydrogen-bond acceptors (Lipinski definition) is 3.